The summed E-state index contributed by atoms with van der Waals surface area (Å²) < 4.78 is 25.1. The van der Waals surface area contributed by atoms with Gasteiger partial charge in [-0.1, -0.05) is 65.9 Å². The van der Waals surface area contributed by atoms with Crippen LogP contribution in [0.2, 0.25) is 0 Å². The zero-order chi connectivity index (χ0) is 15.3. The average molecular weight is 414 g/mol. The van der Waals surface area contributed by atoms with Gasteiger partial charge < -0.3 is 0 Å². The van der Waals surface area contributed by atoms with Gasteiger partial charge in [0, 0.05) is 4.43 Å². The molecule has 0 aliphatic rings. The monoisotopic (exact) mass is 414 g/mol. The Hall–Kier alpha value is -0.880. The van der Waals surface area contributed by atoms with Crippen LogP contribution in [0.1, 0.15) is 18.9 Å². The Bertz CT molecular complexity index is 674. The molecule has 2 aromatic rings. The van der Waals surface area contributed by atoms with Crippen LogP contribution in [0.4, 0.5) is 0 Å². The normalized spacial score (nSPS) is 11.5. The van der Waals surface area contributed by atoms with Gasteiger partial charge in [0.25, 0.3) is 0 Å². The van der Waals surface area contributed by atoms with Crippen molar-refractivity contribution in [1.82, 2.24) is 0 Å². The predicted octanol–water partition coefficient (Wildman–Crippen LogP) is 4.51. The highest BCUT2D eigenvalue weighted by molar-refractivity contribution is 14.1. The van der Waals surface area contributed by atoms with Crippen molar-refractivity contribution in [1.29, 1.82) is 0 Å². The van der Waals surface area contributed by atoms with Crippen molar-refractivity contribution in [2.75, 3.05) is 10.2 Å². The Morgan fingerprint density at radius 2 is 1.43 bits per heavy atom. The Kier molecular flexibility index (Phi) is 5.81. The third-order valence-corrected chi connectivity index (χ3v) is 6.03. The molecule has 0 bridgehead atoms. The molecule has 0 fully saturated rings. The summed E-state index contributed by atoms with van der Waals surface area (Å²) in [5, 5.41) is 0. The summed E-state index contributed by atoms with van der Waals surface area (Å²) in [6.07, 6.45) is 1.72. The van der Waals surface area contributed by atoms with Crippen molar-refractivity contribution in [2.45, 2.75) is 24.7 Å². The summed E-state index contributed by atoms with van der Waals surface area (Å²) in [6, 6.07) is 15.6. The van der Waals surface area contributed by atoms with Gasteiger partial charge in [0.15, 0.2) is 9.84 Å². The SMILES string of the molecule is CCc1ccc(-c2ccc(S(=O)(=O)CCCI)cc2)cc1. The van der Waals surface area contributed by atoms with E-state index >= 15 is 0 Å². The molecule has 0 aliphatic heterocycles. The van der Waals surface area contributed by atoms with Crippen LogP contribution >= 0.6 is 22.6 Å². The molecule has 0 aromatic heterocycles. The van der Waals surface area contributed by atoms with Crippen LogP contribution in [-0.2, 0) is 16.3 Å². The van der Waals surface area contributed by atoms with Gasteiger partial charge in [0.1, 0.15) is 0 Å². The van der Waals surface area contributed by atoms with Crippen LogP contribution in [0.15, 0.2) is 53.4 Å². The number of alkyl halides is 1. The number of rotatable bonds is 6. The van der Waals surface area contributed by atoms with E-state index < -0.39 is 9.84 Å². The number of hydrogen-bond acceptors (Lipinski definition) is 2. The standard InChI is InChI=1S/C17H19IO2S/c1-2-14-4-6-15(7-5-14)16-8-10-17(11-9-16)21(19,20)13-3-12-18/h4-11H,2-3,12-13H2,1H3. The first-order chi connectivity index (χ1) is 10.1. The molecule has 0 saturated heterocycles. The maximum atomic E-state index is 12.1. The van der Waals surface area contributed by atoms with Gasteiger partial charge in [0.2, 0.25) is 0 Å². The van der Waals surface area contributed by atoms with Gasteiger partial charge in [0.05, 0.1) is 10.6 Å². The first-order valence-electron chi connectivity index (χ1n) is 7.05. The van der Waals surface area contributed by atoms with Crippen LogP contribution in [0, 0.1) is 0 Å². The summed E-state index contributed by atoms with van der Waals surface area (Å²) >= 11 is 2.20. The third kappa shape index (κ3) is 4.30. The molecule has 0 unspecified atom stereocenters. The molecule has 0 atom stereocenters. The van der Waals surface area contributed by atoms with Gasteiger partial charge in [-0.15, -0.1) is 0 Å². The quantitative estimate of drug-likeness (QED) is 0.515. The highest BCUT2D eigenvalue weighted by atomic mass is 127. The Morgan fingerprint density at radius 1 is 0.905 bits per heavy atom. The van der Waals surface area contributed by atoms with Crippen molar-refractivity contribution < 1.29 is 8.42 Å². The van der Waals surface area contributed by atoms with Crippen molar-refractivity contribution >= 4 is 32.4 Å². The van der Waals surface area contributed by atoms with Gasteiger partial charge >= 0.3 is 0 Å². The van der Waals surface area contributed by atoms with Crippen molar-refractivity contribution in [2.24, 2.45) is 0 Å². The third-order valence-electron chi connectivity index (χ3n) is 3.46. The molecule has 21 heavy (non-hydrogen) atoms. The summed E-state index contributed by atoms with van der Waals surface area (Å²) in [7, 11) is -3.14. The van der Waals surface area contributed by atoms with E-state index in [1.54, 1.807) is 12.1 Å². The Labute approximate surface area is 140 Å². The lowest BCUT2D eigenvalue weighted by molar-refractivity contribution is 0.595. The second kappa shape index (κ2) is 7.40. The summed E-state index contributed by atoms with van der Waals surface area (Å²) in [5.74, 6) is 0.223. The molecule has 0 heterocycles. The van der Waals surface area contributed by atoms with E-state index in [4.69, 9.17) is 0 Å². The number of sulfone groups is 1. The molecule has 0 spiro atoms. The maximum absolute atomic E-state index is 12.1. The zero-order valence-corrected chi connectivity index (χ0v) is 15.0. The topological polar surface area (TPSA) is 34.1 Å². The van der Waals surface area contributed by atoms with Crippen LogP contribution < -0.4 is 0 Å². The van der Waals surface area contributed by atoms with Gasteiger partial charge in [-0.05, 0) is 41.7 Å². The Morgan fingerprint density at radius 3 is 1.90 bits per heavy atom. The molecular weight excluding hydrogens is 395 g/mol. The fourth-order valence-corrected chi connectivity index (χ4v) is 4.36. The summed E-state index contributed by atoms with van der Waals surface area (Å²) in [6.45, 7) is 2.13. The molecular formula is C17H19IO2S. The lowest BCUT2D eigenvalue weighted by Gasteiger charge is -2.06. The second-order valence-electron chi connectivity index (χ2n) is 4.94. The van der Waals surface area contributed by atoms with E-state index in [0.29, 0.717) is 11.3 Å². The molecule has 112 valence electrons. The predicted molar refractivity (Wildman–Crippen MR) is 96.8 cm³/mol. The van der Waals surface area contributed by atoms with E-state index in [-0.39, 0.29) is 5.75 Å². The number of benzene rings is 2. The number of halogens is 1. The molecule has 0 radical (unpaired) electrons. The fourth-order valence-electron chi connectivity index (χ4n) is 2.15. The zero-order valence-electron chi connectivity index (χ0n) is 12.0. The van der Waals surface area contributed by atoms with E-state index in [9.17, 15) is 8.42 Å². The van der Waals surface area contributed by atoms with Gasteiger partial charge in [-0.3, -0.25) is 0 Å². The molecule has 0 N–H and O–H groups in total. The minimum atomic E-state index is -3.14. The molecule has 2 rings (SSSR count). The van der Waals surface area contributed by atoms with E-state index in [1.165, 1.54) is 5.56 Å². The van der Waals surface area contributed by atoms with Gasteiger partial charge in [-0.25, -0.2) is 8.42 Å². The van der Waals surface area contributed by atoms with Crippen LogP contribution in [-0.4, -0.2) is 18.6 Å². The summed E-state index contributed by atoms with van der Waals surface area (Å²) in [5.41, 5.74) is 3.46. The largest absolute Gasteiger partial charge is 0.224 e. The molecule has 0 amide bonds. The van der Waals surface area contributed by atoms with Crippen LogP contribution in [0.3, 0.4) is 0 Å². The van der Waals surface area contributed by atoms with E-state index in [2.05, 4.69) is 53.8 Å². The molecule has 2 nitrogen and oxygen atoms in total. The molecule has 4 heteroatoms. The van der Waals surface area contributed by atoms with E-state index in [0.717, 1.165) is 22.0 Å². The lowest BCUT2D eigenvalue weighted by Crippen LogP contribution is -2.07. The van der Waals surface area contributed by atoms with Crippen molar-refractivity contribution in [3.63, 3.8) is 0 Å². The van der Waals surface area contributed by atoms with E-state index in [1.807, 2.05) is 12.1 Å². The van der Waals surface area contributed by atoms with Crippen molar-refractivity contribution in [3.8, 4) is 11.1 Å². The molecule has 0 saturated carbocycles. The average Bonchev–Trinajstić information content (AvgIpc) is 2.53. The molecule has 2 aromatic carbocycles. The summed E-state index contributed by atoms with van der Waals surface area (Å²) in [4.78, 5) is 0.418. The highest BCUT2D eigenvalue weighted by Crippen LogP contribution is 2.22. The smallest absolute Gasteiger partial charge is 0.178 e. The number of hydrogen-bond donors (Lipinski definition) is 0. The van der Waals surface area contributed by atoms with Crippen LogP contribution in [0.25, 0.3) is 11.1 Å². The molecule has 0 aliphatic carbocycles. The lowest BCUT2D eigenvalue weighted by atomic mass is 10.0. The van der Waals surface area contributed by atoms with Crippen LogP contribution in [0.5, 0.6) is 0 Å². The Balaban J connectivity index is 2.22. The second-order valence-corrected chi connectivity index (χ2v) is 8.12. The fraction of sp³-hybridized carbons (Fsp3) is 0.294. The first-order valence-corrected chi connectivity index (χ1v) is 10.2. The minimum Gasteiger partial charge on any atom is -0.224 e. The van der Waals surface area contributed by atoms with Gasteiger partial charge in [-0.2, -0.15) is 0 Å². The highest BCUT2D eigenvalue weighted by Gasteiger charge is 2.13. The maximum Gasteiger partial charge on any atom is 0.178 e. The first kappa shape index (κ1) is 16.5. The number of aryl methyl sites for hydroxylation is 1. The van der Waals surface area contributed by atoms with Crippen molar-refractivity contribution in [3.05, 3.63) is 54.1 Å². The minimum absolute atomic E-state index is 0.223.